The van der Waals surface area contributed by atoms with E-state index in [0.717, 1.165) is 48.6 Å². The number of nitrogens with zero attached hydrogens (tertiary/aromatic N) is 3. The fraction of sp³-hybridized carbons (Fsp3) is 0.368. The molecule has 142 valence electrons. The Hall–Kier alpha value is -1.87. The molecule has 0 saturated carbocycles. The van der Waals surface area contributed by atoms with Gasteiger partial charge in [0.2, 0.25) is 5.13 Å². The van der Waals surface area contributed by atoms with E-state index in [1.807, 2.05) is 0 Å². The molecule has 0 spiro atoms. The van der Waals surface area contributed by atoms with E-state index in [-0.39, 0.29) is 5.82 Å². The summed E-state index contributed by atoms with van der Waals surface area (Å²) >= 11 is 3.33. The Morgan fingerprint density at radius 3 is 2.70 bits per heavy atom. The summed E-state index contributed by atoms with van der Waals surface area (Å²) < 4.78 is 18.5. The van der Waals surface area contributed by atoms with Crippen molar-refractivity contribution in [2.45, 2.75) is 12.5 Å². The summed E-state index contributed by atoms with van der Waals surface area (Å²) in [6, 6.07) is 11.1. The number of ether oxygens (including phenoxy) is 1. The average Bonchev–Trinajstić information content (AvgIpc) is 3.37. The largest absolute Gasteiger partial charge is 0.379 e. The van der Waals surface area contributed by atoms with Crippen LogP contribution in [-0.2, 0) is 11.2 Å². The van der Waals surface area contributed by atoms with Gasteiger partial charge in [0.1, 0.15) is 10.8 Å². The summed E-state index contributed by atoms with van der Waals surface area (Å²) in [5.41, 5.74) is 1.03. The molecule has 3 aromatic rings. The first-order chi connectivity index (χ1) is 13.3. The zero-order chi connectivity index (χ0) is 18.5. The van der Waals surface area contributed by atoms with Gasteiger partial charge in [-0.15, -0.1) is 21.5 Å². The van der Waals surface area contributed by atoms with Crippen molar-refractivity contribution >= 4 is 27.8 Å². The molecule has 8 heteroatoms. The second-order valence-electron chi connectivity index (χ2n) is 6.36. The smallest absolute Gasteiger partial charge is 0.205 e. The van der Waals surface area contributed by atoms with Crippen LogP contribution in [0.25, 0.3) is 0 Å². The van der Waals surface area contributed by atoms with E-state index in [9.17, 15) is 4.39 Å². The van der Waals surface area contributed by atoms with E-state index in [0.29, 0.717) is 12.5 Å². The highest BCUT2D eigenvalue weighted by Crippen LogP contribution is 2.27. The first-order valence-corrected chi connectivity index (χ1v) is 10.6. The minimum Gasteiger partial charge on any atom is -0.379 e. The number of thiophene rings is 1. The number of benzene rings is 1. The normalized spacial score (nSPS) is 16.3. The second-order valence-corrected chi connectivity index (χ2v) is 8.41. The Kier molecular flexibility index (Phi) is 6.08. The number of anilines is 1. The molecule has 2 aromatic heterocycles. The van der Waals surface area contributed by atoms with Gasteiger partial charge in [0.05, 0.1) is 19.3 Å². The zero-order valence-corrected chi connectivity index (χ0v) is 16.4. The van der Waals surface area contributed by atoms with Crippen LogP contribution in [0.4, 0.5) is 9.52 Å². The summed E-state index contributed by atoms with van der Waals surface area (Å²) in [7, 11) is 0. The van der Waals surface area contributed by atoms with Crippen molar-refractivity contribution in [3.8, 4) is 0 Å². The molecule has 27 heavy (non-hydrogen) atoms. The van der Waals surface area contributed by atoms with E-state index in [2.05, 4.69) is 37.9 Å². The van der Waals surface area contributed by atoms with Crippen LogP contribution in [0.1, 0.15) is 21.5 Å². The van der Waals surface area contributed by atoms with Crippen molar-refractivity contribution in [3.63, 3.8) is 0 Å². The van der Waals surface area contributed by atoms with Gasteiger partial charge >= 0.3 is 0 Å². The summed E-state index contributed by atoms with van der Waals surface area (Å²) in [6.07, 6.45) is 0.664. The van der Waals surface area contributed by atoms with Crippen LogP contribution in [0, 0.1) is 5.82 Å². The lowest BCUT2D eigenvalue weighted by Gasteiger charge is -2.34. The number of aromatic nitrogens is 2. The molecule has 1 unspecified atom stereocenters. The van der Waals surface area contributed by atoms with Crippen molar-refractivity contribution in [1.29, 1.82) is 0 Å². The maximum absolute atomic E-state index is 13.0. The summed E-state index contributed by atoms with van der Waals surface area (Å²) in [5.74, 6) is -0.221. The summed E-state index contributed by atoms with van der Waals surface area (Å²) in [5, 5.41) is 15.9. The molecular formula is C19H21FN4OS2. The molecule has 1 fully saturated rings. The summed E-state index contributed by atoms with van der Waals surface area (Å²) in [6.45, 7) is 4.23. The van der Waals surface area contributed by atoms with Crippen molar-refractivity contribution in [2.75, 3.05) is 38.2 Å². The molecule has 1 atom stereocenters. The highest BCUT2D eigenvalue weighted by Gasteiger charge is 2.23. The number of hydrogen-bond donors (Lipinski definition) is 1. The van der Waals surface area contributed by atoms with E-state index in [4.69, 9.17) is 4.74 Å². The molecule has 1 aromatic carbocycles. The van der Waals surface area contributed by atoms with Gasteiger partial charge in [-0.3, -0.25) is 4.90 Å². The molecule has 1 saturated heterocycles. The van der Waals surface area contributed by atoms with Crippen LogP contribution in [0.3, 0.4) is 0 Å². The first kappa shape index (κ1) is 18.5. The van der Waals surface area contributed by atoms with Gasteiger partial charge in [0, 0.05) is 30.9 Å². The minimum absolute atomic E-state index is 0.221. The lowest BCUT2D eigenvalue weighted by Crippen LogP contribution is -2.41. The van der Waals surface area contributed by atoms with Gasteiger partial charge in [-0.1, -0.05) is 29.5 Å². The van der Waals surface area contributed by atoms with Gasteiger partial charge in [0.15, 0.2) is 0 Å². The quantitative estimate of drug-likeness (QED) is 0.649. The van der Waals surface area contributed by atoms with Gasteiger partial charge in [-0.05, 0) is 29.1 Å². The number of halogens is 1. The Bertz CT molecular complexity index is 832. The molecule has 4 rings (SSSR count). The van der Waals surface area contributed by atoms with Gasteiger partial charge in [0.25, 0.3) is 0 Å². The van der Waals surface area contributed by atoms with Gasteiger partial charge < -0.3 is 10.1 Å². The third-order valence-corrected chi connectivity index (χ3v) is 6.39. The minimum atomic E-state index is -0.221. The van der Waals surface area contributed by atoms with Crippen LogP contribution in [0.5, 0.6) is 0 Å². The number of hydrogen-bond acceptors (Lipinski definition) is 7. The Morgan fingerprint density at radius 1 is 1.15 bits per heavy atom. The second kappa shape index (κ2) is 8.88. The molecule has 0 bridgehead atoms. The van der Waals surface area contributed by atoms with Crippen LogP contribution in [-0.4, -0.2) is 47.9 Å². The third kappa shape index (κ3) is 4.90. The van der Waals surface area contributed by atoms with E-state index >= 15 is 0 Å². The highest BCUT2D eigenvalue weighted by molar-refractivity contribution is 7.15. The van der Waals surface area contributed by atoms with Gasteiger partial charge in [-0.2, -0.15) is 0 Å². The third-order valence-electron chi connectivity index (χ3n) is 4.54. The maximum Gasteiger partial charge on any atom is 0.205 e. The van der Waals surface area contributed by atoms with Crippen molar-refractivity contribution in [3.05, 3.63) is 63.0 Å². The lowest BCUT2D eigenvalue weighted by molar-refractivity contribution is 0.0194. The fourth-order valence-electron chi connectivity index (χ4n) is 3.14. The van der Waals surface area contributed by atoms with Crippen LogP contribution in [0.15, 0.2) is 41.8 Å². The molecule has 0 aliphatic carbocycles. The fourth-order valence-corrected chi connectivity index (χ4v) is 4.78. The summed E-state index contributed by atoms with van der Waals surface area (Å²) in [4.78, 5) is 3.81. The van der Waals surface area contributed by atoms with E-state index in [1.54, 1.807) is 34.8 Å². The van der Waals surface area contributed by atoms with Crippen molar-refractivity contribution in [2.24, 2.45) is 0 Å². The molecule has 0 radical (unpaired) electrons. The lowest BCUT2D eigenvalue weighted by atomic mass is 10.2. The molecular weight excluding hydrogens is 383 g/mol. The number of nitrogens with one attached hydrogen (secondary N) is 1. The van der Waals surface area contributed by atoms with Crippen molar-refractivity contribution in [1.82, 2.24) is 15.1 Å². The molecule has 0 amide bonds. The van der Waals surface area contributed by atoms with Crippen LogP contribution in [0.2, 0.25) is 0 Å². The highest BCUT2D eigenvalue weighted by atomic mass is 32.1. The number of morpholine rings is 1. The van der Waals surface area contributed by atoms with Crippen LogP contribution >= 0.6 is 22.7 Å². The van der Waals surface area contributed by atoms with Crippen LogP contribution < -0.4 is 5.32 Å². The Labute approximate surface area is 165 Å². The molecule has 1 N–H and O–H groups in total. The van der Waals surface area contributed by atoms with Gasteiger partial charge in [-0.25, -0.2) is 4.39 Å². The molecule has 1 aliphatic rings. The molecule has 5 nitrogen and oxygen atoms in total. The first-order valence-electron chi connectivity index (χ1n) is 8.94. The van der Waals surface area contributed by atoms with Crippen molar-refractivity contribution < 1.29 is 9.13 Å². The standard InChI is InChI=1S/C19H21FN4OS2/c20-15-5-3-14(4-6-15)12-18-22-23-19(27-18)21-13-16(17-2-1-11-26-17)24-7-9-25-10-8-24/h1-6,11,16H,7-10,12-13H2,(H,21,23). The van der Waals surface area contributed by atoms with E-state index in [1.165, 1.54) is 17.0 Å². The average molecular weight is 405 g/mol. The maximum atomic E-state index is 13.0. The van der Waals surface area contributed by atoms with E-state index < -0.39 is 0 Å². The Balaban J connectivity index is 1.39. The monoisotopic (exact) mass is 404 g/mol. The SMILES string of the molecule is Fc1ccc(Cc2nnc(NCC(c3cccs3)N3CCOCC3)s2)cc1. The zero-order valence-electron chi connectivity index (χ0n) is 14.8. The Morgan fingerprint density at radius 2 is 1.96 bits per heavy atom. The molecule has 3 heterocycles. The number of rotatable bonds is 7. The predicted octanol–water partition coefficient (Wildman–Crippen LogP) is 3.81. The topological polar surface area (TPSA) is 50.3 Å². The predicted molar refractivity (Wildman–Crippen MR) is 107 cm³/mol. The molecule has 1 aliphatic heterocycles.